The first-order chi connectivity index (χ1) is 17.9. The number of halogens is 2. The number of carbonyl (C=O) groups is 3. The highest BCUT2D eigenvalue weighted by Crippen LogP contribution is 2.28. The molecule has 3 amide bonds. The van der Waals surface area contributed by atoms with Crippen LogP contribution in [-0.2, 0) is 9.59 Å². The number of fused-ring (bicyclic) bond motifs is 1. The molecule has 38 heavy (non-hydrogen) atoms. The van der Waals surface area contributed by atoms with Crippen LogP contribution < -0.4 is 10.6 Å². The Morgan fingerprint density at radius 2 is 1.97 bits per heavy atom. The maximum Gasteiger partial charge on any atom is 0.268 e. The first-order valence-electron chi connectivity index (χ1n) is 12.4. The summed E-state index contributed by atoms with van der Waals surface area (Å²) in [7, 11) is 0. The van der Waals surface area contributed by atoms with Crippen molar-refractivity contribution in [2.24, 2.45) is 5.92 Å². The predicted molar refractivity (Wildman–Crippen MR) is 147 cm³/mol. The van der Waals surface area contributed by atoms with Crippen molar-refractivity contribution < 1.29 is 18.8 Å². The smallest absolute Gasteiger partial charge is 0.268 e. The van der Waals surface area contributed by atoms with Gasteiger partial charge in [-0.05, 0) is 57.0 Å². The molecule has 1 aromatic heterocycles. The molecule has 1 saturated heterocycles. The third kappa shape index (κ3) is 6.17. The fraction of sp³-hybridized carbons (Fsp3) is 0.345. The van der Waals surface area contributed by atoms with E-state index in [0.29, 0.717) is 16.2 Å². The molecule has 9 heteroatoms. The van der Waals surface area contributed by atoms with Crippen LogP contribution in [0.1, 0.15) is 42.7 Å². The number of amides is 3. The van der Waals surface area contributed by atoms with Gasteiger partial charge in [0.25, 0.3) is 5.91 Å². The third-order valence-corrected chi connectivity index (χ3v) is 6.91. The highest BCUT2D eigenvalue weighted by atomic mass is 35.5. The topological polar surface area (TPSA) is 94.3 Å². The van der Waals surface area contributed by atoms with E-state index in [-0.39, 0.29) is 31.0 Å². The summed E-state index contributed by atoms with van der Waals surface area (Å²) in [6.45, 7) is 4.63. The van der Waals surface area contributed by atoms with Gasteiger partial charge in [-0.25, -0.2) is 4.39 Å². The predicted octanol–water partition coefficient (Wildman–Crippen LogP) is 4.86. The minimum absolute atomic E-state index is 0.0649. The lowest BCUT2D eigenvalue weighted by atomic mass is 9.99. The first-order valence-corrected chi connectivity index (χ1v) is 12.7. The van der Waals surface area contributed by atoms with E-state index < -0.39 is 35.5 Å². The Morgan fingerprint density at radius 1 is 1.24 bits per heavy atom. The van der Waals surface area contributed by atoms with Gasteiger partial charge in [-0.1, -0.05) is 41.8 Å². The number of likely N-dealkylation sites (tertiary alicyclic amines) is 1. The van der Waals surface area contributed by atoms with Gasteiger partial charge in [-0.2, -0.15) is 0 Å². The van der Waals surface area contributed by atoms with Crippen LogP contribution in [-0.4, -0.2) is 51.9 Å². The number of anilines is 1. The number of rotatable bonds is 7. The lowest BCUT2D eigenvalue weighted by molar-refractivity contribution is -0.134. The molecule has 3 atom stereocenters. The SMILES string of the molecule is C#C[C@@H]1C[C@H](C(=O)Nc2ccccc2C)CN1C(=O)[C@H](CC(C)(C)F)NC(=O)c1cc2ccc(Cl)cc2[nH]1. The number of alkyl halides is 1. The van der Waals surface area contributed by atoms with Crippen molar-refractivity contribution in [2.45, 2.75) is 51.4 Å². The Labute approximate surface area is 226 Å². The number of nitrogens with one attached hydrogen (secondary N) is 3. The van der Waals surface area contributed by atoms with E-state index in [4.69, 9.17) is 18.0 Å². The summed E-state index contributed by atoms with van der Waals surface area (Å²) >= 11 is 6.04. The first kappa shape index (κ1) is 27.2. The minimum atomic E-state index is -1.76. The van der Waals surface area contributed by atoms with Crippen LogP contribution in [0.5, 0.6) is 0 Å². The Bertz CT molecular complexity index is 1420. The molecule has 3 N–H and O–H groups in total. The van der Waals surface area contributed by atoms with Crippen LogP contribution in [0.15, 0.2) is 48.5 Å². The second-order valence-electron chi connectivity index (χ2n) is 10.3. The van der Waals surface area contributed by atoms with E-state index in [0.717, 1.165) is 10.9 Å². The van der Waals surface area contributed by atoms with Crippen molar-refractivity contribution in [3.05, 3.63) is 64.8 Å². The van der Waals surface area contributed by atoms with Crippen molar-refractivity contribution in [3.63, 3.8) is 0 Å². The lowest BCUT2D eigenvalue weighted by Crippen LogP contribution is -2.52. The monoisotopic (exact) mass is 536 g/mol. The van der Waals surface area contributed by atoms with Crippen molar-refractivity contribution in [1.29, 1.82) is 0 Å². The Hall–Kier alpha value is -3.83. The molecular weight excluding hydrogens is 507 g/mol. The highest BCUT2D eigenvalue weighted by Gasteiger charge is 2.42. The second kappa shape index (κ2) is 10.9. The van der Waals surface area contributed by atoms with Crippen LogP contribution >= 0.6 is 11.6 Å². The number of aromatic amines is 1. The highest BCUT2D eigenvalue weighted by molar-refractivity contribution is 6.31. The van der Waals surface area contributed by atoms with Crippen molar-refractivity contribution in [2.75, 3.05) is 11.9 Å². The van der Waals surface area contributed by atoms with Gasteiger partial charge in [0.1, 0.15) is 17.4 Å². The molecule has 1 aliphatic heterocycles. The second-order valence-corrected chi connectivity index (χ2v) is 10.7. The van der Waals surface area contributed by atoms with Crippen molar-refractivity contribution in [1.82, 2.24) is 15.2 Å². The molecule has 1 fully saturated rings. The number of hydrogen-bond donors (Lipinski definition) is 3. The van der Waals surface area contributed by atoms with E-state index in [1.165, 1.54) is 18.7 Å². The zero-order valence-electron chi connectivity index (χ0n) is 21.5. The number of H-pyrrole nitrogens is 1. The van der Waals surface area contributed by atoms with Crippen molar-refractivity contribution >= 4 is 45.9 Å². The van der Waals surface area contributed by atoms with Crippen LogP contribution in [0.4, 0.5) is 10.1 Å². The molecule has 4 rings (SSSR count). The van der Waals surface area contributed by atoms with E-state index in [9.17, 15) is 18.8 Å². The molecule has 0 aliphatic carbocycles. The van der Waals surface area contributed by atoms with E-state index in [2.05, 4.69) is 21.5 Å². The van der Waals surface area contributed by atoms with Gasteiger partial charge < -0.3 is 20.5 Å². The summed E-state index contributed by atoms with van der Waals surface area (Å²) in [5.41, 5.74) is 0.707. The number of aromatic nitrogens is 1. The molecule has 0 saturated carbocycles. The molecular formula is C29H30ClFN4O3. The maximum atomic E-state index is 14.8. The van der Waals surface area contributed by atoms with Gasteiger partial charge >= 0.3 is 0 Å². The maximum absolute atomic E-state index is 14.8. The number of terminal acetylenes is 1. The Balaban J connectivity index is 1.52. The number of nitrogens with zero attached hydrogens (tertiary/aromatic N) is 1. The lowest BCUT2D eigenvalue weighted by Gasteiger charge is -2.29. The largest absolute Gasteiger partial charge is 0.350 e. The van der Waals surface area contributed by atoms with Crippen LogP contribution in [0.3, 0.4) is 0 Å². The van der Waals surface area contributed by atoms with E-state index in [1.54, 1.807) is 30.3 Å². The molecule has 3 aromatic rings. The summed E-state index contributed by atoms with van der Waals surface area (Å²) in [5.74, 6) is 0.686. The number of carbonyl (C=O) groups excluding carboxylic acids is 3. The average Bonchev–Trinajstić information content (AvgIpc) is 3.48. The minimum Gasteiger partial charge on any atom is -0.350 e. The van der Waals surface area contributed by atoms with Gasteiger partial charge in [0.2, 0.25) is 11.8 Å². The van der Waals surface area contributed by atoms with Gasteiger partial charge in [-0.15, -0.1) is 6.42 Å². The fourth-order valence-electron chi connectivity index (χ4n) is 4.72. The zero-order valence-corrected chi connectivity index (χ0v) is 22.2. The quantitative estimate of drug-likeness (QED) is 0.377. The van der Waals surface area contributed by atoms with Gasteiger partial charge in [-0.3, -0.25) is 14.4 Å². The fourth-order valence-corrected chi connectivity index (χ4v) is 4.89. The molecule has 2 aromatic carbocycles. The number of hydrogen-bond acceptors (Lipinski definition) is 3. The summed E-state index contributed by atoms with van der Waals surface area (Å²) < 4.78 is 14.8. The van der Waals surface area contributed by atoms with Gasteiger partial charge in [0, 0.05) is 34.6 Å². The normalized spacial score (nSPS) is 18.2. The zero-order chi connectivity index (χ0) is 27.6. The summed E-state index contributed by atoms with van der Waals surface area (Å²) in [5, 5.41) is 6.85. The Kier molecular flexibility index (Phi) is 7.79. The van der Waals surface area contributed by atoms with E-state index >= 15 is 0 Å². The Morgan fingerprint density at radius 3 is 2.66 bits per heavy atom. The summed E-state index contributed by atoms with van der Waals surface area (Å²) in [4.78, 5) is 44.1. The van der Waals surface area contributed by atoms with E-state index in [1.807, 2.05) is 25.1 Å². The van der Waals surface area contributed by atoms with Crippen LogP contribution in [0.25, 0.3) is 10.9 Å². The molecule has 2 heterocycles. The molecule has 1 aliphatic rings. The van der Waals surface area contributed by atoms with Crippen LogP contribution in [0, 0.1) is 25.2 Å². The molecule has 0 spiro atoms. The average molecular weight is 537 g/mol. The molecule has 198 valence electrons. The molecule has 0 unspecified atom stereocenters. The number of benzene rings is 2. The third-order valence-electron chi connectivity index (χ3n) is 6.67. The summed E-state index contributed by atoms with van der Waals surface area (Å²) in [6, 6.07) is 12.3. The van der Waals surface area contributed by atoms with Gasteiger partial charge in [0.05, 0.1) is 12.0 Å². The number of para-hydroxylation sites is 1. The molecule has 7 nitrogen and oxygen atoms in total. The summed E-state index contributed by atoms with van der Waals surface area (Å²) in [6.07, 6.45) is 5.72. The molecule has 0 radical (unpaired) electrons. The standard InChI is InChI=1S/C29H30ClFN4O3/c1-5-21-12-19(26(36)33-22-9-7-6-8-17(22)2)16-35(21)28(38)25(15-29(3,4)31)34-27(37)24-13-18-10-11-20(30)14-23(18)32-24/h1,6-11,13-14,19,21,25,32H,12,15-16H2,2-4H3,(H,33,36)(H,34,37)/t19-,21+,25-/m0/s1. The number of aryl methyl sites for hydroxylation is 1. The molecule has 0 bridgehead atoms. The van der Waals surface area contributed by atoms with Gasteiger partial charge in [0.15, 0.2) is 0 Å². The van der Waals surface area contributed by atoms with Crippen molar-refractivity contribution in [3.8, 4) is 12.3 Å². The van der Waals surface area contributed by atoms with Crippen LogP contribution in [0.2, 0.25) is 5.02 Å².